The van der Waals surface area contributed by atoms with Crippen LogP contribution < -0.4 is 0 Å². The van der Waals surface area contributed by atoms with E-state index in [0.717, 1.165) is 25.8 Å². The molecule has 6 nitrogen and oxygen atoms in total. The zero-order valence-corrected chi connectivity index (χ0v) is 17.1. The van der Waals surface area contributed by atoms with Crippen molar-refractivity contribution in [3.8, 4) is 0 Å². The molecule has 4 rings (SSSR count). The highest BCUT2D eigenvalue weighted by Crippen LogP contribution is 2.46. The lowest BCUT2D eigenvalue weighted by Crippen LogP contribution is -2.41. The van der Waals surface area contributed by atoms with Gasteiger partial charge in [-0.2, -0.15) is 0 Å². The van der Waals surface area contributed by atoms with Crippen molar-refractivity contribution in [3.05, 3.63) is 35.9 Å². The van der Waals surface area contributed by atoms with Crippen molar-refractivity contribution in [2.45, 2.75) is 44.6 Å². The van der Waals surface area contributed by atoms with Crippen LogP contribution in [0.4, 0.5) is 0 Å². The van der Waals surface area contributed by atoms with Gasteiger partial charge in [-0.15, -0.1) is 0 Å². The van der Waals surface area contributed by atoms with E-state index in [1.807, 2.05) is 23.1 Å². The van der Waals surface area contributed by atoms with Gasteiger partial charge in [-0.3, -0.25) is 14.4 Å². The summed E-state index contributed by atoms with van der Waals surface area (Å²) in [5.74, 6) is 0.934. The highest BCUT2D eigenvalue weighted by atomic mass is 16.5. The second-order valence-electron chi connectivity index (χ2n) is 8.63. The lowest BCUT2D eigenvalue weighted by atomic mass is 9.83. The Kier molecular flexibility index (Phi) is 5.88. The Bertz CT molecular complexity index is 761. The molecule has 3 aliphatic rings. The number of fused-ring (bicyclic) bond motifs is 1. The fourth-order valence-corrected chi connectivity index (χ4v) is 5.09. The number of methoxy groups -OCH3 is 1. The van der Waals surface area contributed by atoms with Crippen LogP contribution in [-0.2, 0) is 19.1 Å². The van der Waals surface area contributed by atoms with Gasteiger partial charge in [0.1, 0.15) is 0 Å². The molecule has 2 heterocycles. The van der Waals surface area contributed by atoms with E-state index in [-0.39, 0.29) is 36.2 Å². The number of hydrogen-bond acceptors (Lipinski definition) is 4. The maximum absolute atomic E-state index is 13.1. The predicted octanol–water partition coefficient (Wildman–Crippen LogP) is 2.79. The molecule has 1 aromatic carbocycles. The first-order valence-corrected chi connectivity index (χ1v) is 10.8. The SMILES string of the molecule is COC(=O)CCCC(=O)N1C[C@H]2CN(C(=O)C3CCC3)[C@H](c3ccccc3)[C@H]2C1. The predicted molar refractivity (Wildman–Crippen MR) is 108 cm³/mol. The second-order valence-corrected chi connectivity index (χ2v) is 8.63. The number of amides is 2. The van der Waals surface area contributed by atoms with Crippen molar-refractivity contribution >= 4 is 17.8 Å². The van der Waals surface area contributed by atoms with E-state index in [9.17, 15) is 14.4 Å². The average Bonchev–Trinajstić information content (AvgIpc) is 3.25. The number of ether oxygens (including phenoxy) is 1. The number of carbonyl (C=O) groups is 3. The first-order valence-electron chi connectivity index (χ1n) is 10.8. The van der Waals surface area contributed by atoms with E-state index in [1.165, 1.54) is 12.7 Å². The molecule has 3 atom stereocenters. The third-order valence-electron chi connectivity index (χ3n) is 6.89. The van der Waals surface area contributed by atoms with E-state index in [4.69, 9.17) is 0 Å². The van der Waals surface area contributed by atoms with E-state index >= 15 is 0 Å². The number of nitrogens with zero attached hydrogens (tertiary/aromatic N) is 2. The van der Waals surface area contributed by atoms with Gasteiger partial charge in [0.15, 0.2) is 0 Å². The molecule has 156 valence electrons. The molecule has 29 heavy (non-hydrogen) atoms. The Morgan fingerprint density at radius 3 is 2.45 bits per heavy atom. The summed E-state index contributed by atoms with van der Waals surface area (Å²) in [6.07, 6.45) is 4.34. The van der Waals surface area contributed by atoms with Crippen LogP contribution in [0, 0.1) is 17.8 Å². The van der Waals surface area contributed by atoms with Crippen LogP contribution in [0.15, 0.2) is 30.3 Å². The minimum absolute atomic E-state index is 0.0576. The molecule has 6 heteroatoms. The molecule has 1 aromatic rings. The van der Waals surface area contributed by atoms with Crippen LogP contribution in [0.2, 0.25) is 0 Å². The maximum atomic E-state index is 13.1. The molecule has 1 aliphatic carbocycles. The van der Waals surface area contributed by atoms with Crippen molar-refractivity contribution in [2.24, 2.45) is 17.8 Å². The summed E-state index contributed by atoms with van der Waals surface area (Å²) in [5, 5.41) is 0. The summed E-state index contributed by atoms with van der Waals surface area (Å²) in [6, 6.07) is 10.3. The van der Waals surface area contributed by atoms with Crippen LogP contribution in [0.5, 0.6) is 0 Å². The third kappa shape index (κ3) is 4.02. The van der Waals surface area contributed by atoms with Crippen molar-refractivity contribution < 1.29 is 19.1 Å². The Labute approximate surface area is 172 Å². The monoisotopic (exact) mass is 398 g/mol. The maximum Gasteiger partial charge on any atom is 0.305 e. The van der Waals surface area contributed by atoms with Crippen LogP contribution in [0.25, 0.3) is 0 Å². The largest absolute Gasteiger partial charge is 0.469 e. The van der Waals surface area contributed by atoms with E-state index < -0.39 is 0 Å². The molecule has 0 spiro atoms. The minimum Gasteiger partial charge on any atom is -0.469 e. The van der Waals surface area contributed by atoms with Gasteiger partial charge < -0.3 is 14.5 Å². The van der Waals surface area contributed by atoms with Gasteiger partial charge in [0.05, 0.1) is 13.2 Å². The second kappa shape index (κ2) is 8.56. The Hall–Kier alpha value is -2.37. The highest BCUT2D eigenvalue weighted by Gasteiger charge is 2.51. The smallest absolute Gasteiger partial charge is 0.305 e. The number of rotatable bonds is 6. The third-order valence-corrected chi connectivity index (χ3v) is 6.89. The molecular formula is C23H30N2O4. The van der Waals surface area contributed by atoms with Crippen molar-refractivity contribution in [2.75, 3.05) is 26.7 Å². The molecule has 2 amide bonds. The van der Waals surface area contributed by atoms with Gasteiger partial charge >= 0.3 is 5.97 Å². The lowest BCUT2D eigenvalue weighted by molar-refractivity contribution is -0.141. The first kappa shape index (κ1) is 19.9. The summed E-state index contributed by atoms with van der Waals surface area (Å²) >= 11 is 0. The summed E-state index contributed by atoms with van der Waals surface area (Å²) in [7, 11) is 1.37. The van der Waals surface area contributed by atoms with E-state index in [1.54, 1.807) is 0 Å². The Morgan fingerprint density at radius 2 is 1.79 bits per heavy atom. The quantitative estimate of drug-likeness (QED) is 0.691. The topological polar surface area (TPSA) is 66.9 Å². The van der Waals surface area contributed by atoms with Crippen molar-refractivity contribution in [3.63, 3.8) is 0 Å². The van der Waals surface area contributed by atoms with E-state index in [0.29, 0.717) is 37.8 Å². The number of carbonyl (C=O) groups excluding carboxylic acids is 3. The average molecular weight is 399 g/mol. The van der Waals surface area contributed by atoms with Crippen LogP contribution >= 0.6 is 0 Å². The lowest BCUT2D eigenvalue weighted by Gasteiger charge is -2.35. The molecule has 0 N–H and O–H groups in total. The van der Waals surface area contributed by atoms with Crippen LogP contribution in [0.1, 0.15) is 50.1 Å². The minimum atomic E-state index is -0.273. The molecule has 0 unspecified atom stereocenters. The number of hydrogen-bond donors (Lipinski definition) is 0. The standard InChI is InChI=1S/C23H30N2O4/c1-29-21(27)12-6-11-20(26)24-13-18-14-25(23(28)17-9-5-10-17)22(19(18)15-24)16-7-3-2-4-8-16/h2-4,7-8,17-19,22H,5-6,9-15H2,1H3/t18-,19-,22+/m0/s1. The molecule has 3 fully saturated rings. The van der Waals surface area contributed by atoms with Crippen molar-refractivity contribution in [1.29, 1.82) is 0 Å². The highest BCUT2D eigenvalue weighted by molar-refractivity contribution is 5.81. The van der Waals surface area contributed by atoms with Gasteiger partial charge in [-0.05, 0) is 24.8 Å². The fraction of sp³-hybridized carbons (Fsp3) is 0.609. The summed E-state index contributed by atoms with van der Waals surface area (Å²) in [6.45, 7) is 2.14. The van der Waals surface area contributed by atoms with Gasteiger partial charge in [0.25, 0.3) is 0 Å². The molecule has 0 aromatic heterocycles. The summed E-state index contributed by atoms with van der Waals surface area (Å²) in [5.41, 5.74) is 1.17. The van der Waals surface area contributed by atoms with Gasteiger partial charge in [0.2, 0.25) is 11.8 Å². The molecule has 0 radical (unpaired) electrons. The molecular weight excluding hydrogens is 368 g/mol. The van der Waals surface area contributed by atoms with Gasteiger partial charge in [-0.25, -0.2) is 0 Å². The fourth-order valence-electron chi connectivity index (χ4n) is 5.09. The number of likely N-dealkylation sites (tertiary alicyclic amines) is 2. The zero-order chi connectivity index (χ0) is 20.4. The van der Waals surface area contributed by atoms with Crippen molar-refractivity contribution in [1.82, 2.24) is 9.80 Å². The number of esters is 1. The van der Waals surface area contributed by atoms with Crippen LogP contribution in [0.3, 0.4) is 0 Å². The normalized spacial score (nSPS) is 26.2. The molecule has 2 aliphatic heterocycles. The van der Waals surface area contributed by atoms with Gasteiger partial charge in [-0.1, -0.05) is 36.8 Å². The summed E-state index contributed by atoms with van der Waals surface area (Å²) in [4.78, 5) is 41.1. The molecule has 1 saturated carbocycles. The first-order chi connectivity index (χ1) is 14.1. The van der Waals surface area contributed by atoms with E-state index in [2.05, 4.69) is 21.8 Å². The molecule has 0 bridgehead atoms. The molecule has 2 saturated heterocycles. The zero-order valence-electron chi connectivity index (χ0n) is 17.1. The van der Waals surface area contributed by atoms with Gasteiger partial charge in [0, 0.05) is 50.2 Å². The summed E-state index contributed by atoms with van der Waals surface area (Å²) < 4.78 is 4.65. The Balaban J connectivity index is 1.44. The Morgan fingerprint density at radius 1 is 1.03 bits per heavy atom. The number of benzene rings is 1. The van der Waals surface area contributed by atoms with Crippen LogP contribution in [-0.4, -0.2) is 54.3 Å².